The minimum atomic E-state index is -3.39. The lowest BCUT2D eigenvalue weighted by Crippen LogP contribution is -2.33. The van der Waals surface area contributed by atoms with Crippen molar-refractivity contribution in [2.45, 2.75) is 24.8 Å². The number of nitrogens with zero attached hydrogens (tertiary/aromatic N) is 1. The Bertz CT molecular complexity index is 502. The summed E-state index contributed by atoms with van der Waals surface area (Å²) < 4.78 is 26.6. The number of sulfonamides is 1. The molecule has 1 aromatic rings. The van der Waals surface area contributed by atoms with Crippen molar-refractivity contribution in [2.24, 2.45) is 0 Å². The number of aryl methyl sites for hydroxylation is 1. The molecule has 1 fully saturated rings. The van der Waals surface area contributed by atoms with Crippen molar-refractivity contribution in [3.05, 3.63) is 15.8 Å². The maximum absolute atomic E-state index is 12.5. The zero-order valence-electron chi connectivity index (χ0n) is 10.3. The summed E-state index contributed by atoms with van der Waals surface area (Å²) in [6, 6.07) is 1.60. The van der Waals surface area contributed by atoms with Crippen LogP contribution in [0.2, 0.25) is 0 Å². The van der Waals surface area contributed by atoms with Gasteiger partial charge in [-0.1, -0.05) is 0 Å². The van der Waals surface area contributed by atoms with Crippen LogP contribution in [0.25, 0.3) is 0 Å². The van der Waals surface area contributed by atoms with Crippen molar-refractivity contribution in [1.82, 2.24) is 4.31 Å². The summed E-state index contributed by atoms with van der Waals surface area (Å²) in [7, 11) is -3.39. The molecule has 0 saturated carbocycles. The van der Waals surface area contributed by atoms with Gasteiger partial charge in [0.25, 0.3) is 0 Å². The molecule has 4 nitrogen and oxygen atoms in total. The van der Waals surface area contributed by atoms with Crippen LogP contribution >= 0.6 is 23.1 Å². The summed E-state index contributed by atoms with van der Waals surface area (Å²) in [6.07, 6.45) is 0.903. The molecule has 1 saturated heterocycles. The summed E-state index contributed by atoms with van der Waals surface area (Å²) in [5.74, 6) is 1.88. The lowest BCUT2D eigenvalue weighted by Gasteiger charge is -2.19. The van der Waals surface area contributed by atoms with Crippen LogP contribution in [0.15, 0.2) is 11.0 Å². The van der Waals surface area contributed by atoms with Crippen LogP contribution in [0.5, 0.6) is 0 Å². The molecule has 2 heterocycles. The van der Waals surface area contributed by atoms with Gasteiger partial charge >= 0.3 is 0 Å². The Morgan fingerprint density at radius 1 is 1.39 bits per heavy atom. The van der Waals surface area contributed by atoms with Gasteiger partial charge in [0.05, 0.1) is 11.5 Å². The fourth-order valence-electron chi connectivity index (χ4n) is 1.96. The molecule has 0 aliphatic carbocycles. The summed E-state index contributed by atoms with van der Waals surface area (Å²) in [5.41, 5.74) is 0. The van der Waals surface area contributed by atoms with E-state index in [0.29, 0.717) is 22.9 Å². The largest absolute Gasteiger partial charge is 0.391 e. The van der Waals surface area contributed by atoms with Crippen molar-refractivity contribution >= 4 is 33.1 Å². The van der Waals surface area contributed by atoms with Gasteiger partial charge < -0.3 is 5.11 Å². The van der Waals surface area contributed by atoms with Crippen LogP contribution < -0.4 is 0 Å². The molecule has 18 heavy (non-hydrogen) atoms. The Balaban J connectivity index is 2.31. The van der Waals surface area contributed by atoms with Gasteiger partial charge in [0.1, 0.15) is 0 Å². The minimum absolute atomic E-state index is 0.100. The summed E-state index contributed by atoms with van der Waals surface area (Å²) in [5, 5.41) is 9.10. The maximum Gasteiger partial charge on any atom is 0.244 e. The number of hydrogen-bond acceptors (Lipinski definition) is 5. The first kappa shape index (κ1) is 14.3. The SMILES string of the molecule is Cc1sc(CO)cc1S(=O)(=O)N1CCCSCC1. The van der Waals surface area contributed by atoms with E-state index in [1.165, 1.54) is 11.3 Å². The van der Waals surface area contributed by atoms with Gasteiger partial charge in [0.15, 0.2) is 0 Å². The highest BCUT2D eigenvalue weighted by Crippen LogP contribution is 2.29. The minimum Gasteiger partial charge on any atom is -0.391 e. The third-order valence-corrected chi connectivity index (χ3v) is 7.12. The summed E-state index contributed by atoms with van der Waals surface area (Å²) in [6.45, 7) is 2.87. The molecule has 1 aliphatic heterocycles. The van der Waals surface area contributed by atoms with Gasteiger partial charge in [0.2, 0.25) is 10.0 Å². The molecule has 0 atom stereocenters. The van der Waals surface area contributed by atoms with E-state index in [1.54, 1.807) is 29.1 Å². The Morgan fingerprint density at radius 3 is 2.83 bits per heavy atom. The second kappa shape index (κ2) is 5.92. The fourth-order valence-corrected chi connectivity index (χ4v) is 5.91. The van der Waals surface area contributed by atoms with Crippen LogP contribution in [0, 0.1) is 6.92 Å². The van der Waals surface area contributed by atoms with Crippen LogP contribution in [0.4, 0.5) is 0 Å². The highest BCUT2D eigenvalue weighted by Gasteiger charge is 2.28. The normalized spacial score (nSPS) is 18.8. The van der Waals surface area contributed by atoms with E-state index < -0.39 is 10.0 Å². The molecule has 0 unspecified atom stereocenters. The van der Waals surface area contributed by atoms with Crippen LogP contribution in [0.3, 0.4) is 0 Å². The van der Waals surface area contributed by atoms with Crippen LogP contribution in [0.1, 0.15) is 16.2 Å². The number of hydrogen-bond donors (Lipinski definition) is 1. The third kappa shape index (κ3) is 2.91. The van der Waals surface area contributed by atoms with E-state index in [4.69, 9.17) is 5.11 Å². The standard InChI is InChI=1S/C11H17NO3S3/c1-9-11(7-10(8-13)17-9)18(14,15)12-3-2-5-16-6-4-12/h7,13H,2-6,8H2,1H3. The molecule has 102 valence electrons. The van der Waals surface area contributed by atoms with Gasteiger partial charge in [-0.2, -0.15) is 16.1 Å². The quantitative estimate of drug-likeness (QED) is 0.923. The van der Waals surface area contributed by atoms with Crippen LogP contribution in [-0.4, -0.2) is 42.4 Å². The van der Waals surface area contributed by atoms with E-state index >= 15 is 0 Å². The molecule has 0 bridgehead atoms. The Kier molecular flexibility index (Phi) is 4.71. The van der Waals surface area contributed by atoms with Crippen molar-refractivity contribution in [3.63, 3.8) is 0 Å². The molecule has 1 aromatic heterocycles. The van der Waals surface area contributed by atoms with Gasteiger partial charge in [-0.25, -0.2) is 8.42 Å². The lowest BCUT2D eigenvalue weighted by atomic mass is 10.4. The Labute approximate surface area is 116 Å². The average Bonchev–Trinajstić information content (AvgIpc) is 2.55. The Morgan fingerprint density at radius 2 is 2.17 bits per heavy atom. The average molecular weight is 307 g/mol. The van der Waals surface area contributed by atoms with Crippen molar-refractivity contribution in [3.8, 4) is 0 Å². The number of aliphatic hydroxyl groups is 1. The number of aliphatic hydroxyl groups excluding tert-OH is 1. The van der Waals surface area contributed by atoms with Crippen LogP contribution in [-0.2, 0) is 16.6 Å². The first-order valence-electron chi connectivity index (χ1n) is 5.84. The highest BCUT2D eigenvalue weighted by molar-refractivity contribution is 7.99. The Hall–Kier alpha value is -0.0800. The molecule has 1 N–H and O–H groups in total. The zero-order chi connectivity index (χ0) is 13.2. The molecule has 0 spiro atoms. The van der Waals surface area contributed by atoms with Gasteiger partial charge in [-0.15, -0.1) is 11.3 Å². The van der Waals surface area contributed by atoms with E-state index in [9.17, 15) is 8.42 Å². The monoisotopic (exact) mass is 307 g/mol. The summed E-state index contributed by atoms with van der Waals surface area (Å²) in [4.78, 5) is 1.83. The third-order valence-electron chi connectivity index (χ3n) is 2.88. The second-order valence-electron chi connectivity index (χ2n) is 4.16. The van der Waals surface area contributed by atoms with Crippen molar-refractivity contribution < 1.29 is 13.5 Å². The van der Waals surface area contributed by atoms with E-state index in [0.717, 1.165) is 22.8 Å². The molecule has 1 aliphatic rings. The number of thiophene rings is 1. The second-order valence-corrected chi connectivity index (χ2v) is 8.63. The van der Waals surface area contributed by atoms with Crippen molar-refractivity contribution in [2.75, 3.05) is 24.6 Å². The van der Waals surface area contributed by atoms with E-state index in [2.05, 4.69) is 0 Å². The van der Waals surface area contributed by atoms with E-state index in [-0.39, 0.29) is 6.61 Å². The van der Waals surface area contributed by atoms with Gasteiger partial charge in [-0.3, -0.25) is 0 Å². The first-order valence-corrected chi connectivity index (χ1v) is 9.25. The lowest BCUT2D eigenvalue weighted by molar-refractivity contribution is 0.285. The number of rotatable bonds is 3. The maximum atomic E-state index is 12.5. The summed E-state index contributed by atoms with van der Waals surface area (Å²) >= 11 is 3.15. The number of thioether (sulfide) groups is 1. The smallest absolute Gasteiger partial charge is 0.244 e. The molecule has 0 amide bonds. The van der Waals surface area contributed by atoms with Crippen molar-refractivity contribution in [1.29, 1.82) is 0 Å². The first-order chi connectivity index (χ1) is 8.55. The fraction of sp³-hybridized carbons (Fsp3) is 0.636. The van der Waals surface area contributed by atoms with Gasteiger partial charge in [0, 0.05) is 28.6 Å². The molecule has 7 heteroatoms. The predicted molar refractivity (Wildman–Crippen MR) is 75.7 cm³/mol. The molecule has 0 aromatic carbocycles. The highest BCUT2D eigenvalue weighted by atomic mass is 32.2. The molecule has 2 rings (SSSR count). The van der Waals surface area contributed by atoms with E-state index in [1.807, 2.05) is 0 Å². The molecular weight excluding hydrogens is 290 g/mol. The van der Waals surface area contributed by atoms with Gasteiger partial charge in [-0.05, 0) is 25.2 Å². The zero-order valence-corrected chi connectivity index (χ0v) is 12.7. The molecule has 0 radical (unpaired) electrons. The topological polar surface area (TPSA) is 57.6 Å². The predicted octanol–water partition coefficient (Wildman–Crippen LogP) is 1.68. The molecular formula is C11H17NO3S3.